The number of benzene rings is 2. The van der Waals surface area contributed by atoms with Crippen LogP contribution in [-0.4, -0.2) is 54.0 Å². The zero-order valence-corrected chi connectivity index (χ0v) is 19.4. The Morgan fingerprint density at radius 1 is 1.09 bits per heavy atom. The molecule has 0 saturated carbocycles. The molecule has 2 unspecified atom stereocenters. The molecule has 2 amide bonds. The monoisotopic (exact) mass is 466 g/mol. The van der Waals surface area contributed by atoms with E-state index in [-0.39, 0.29) is 30.8 Å². The molecule has 1 fully saturated rings. The molecule has 0 spiro atoms. The first-order valence-corrected chi connectivity index (χ1v) is 11.5. The fourth-order valence-electron chi connectivity index (χ4n) is 4.73. The van der Waals surface area contributed by atoms with Crippen molar-refractivity contribution in [1.82, 2.24) is 10.6 Å². The first kappa shape index (κ1) is 23.8. The van der Waals surface area contributed by atoms with Crippen molar-refractivity contribution in [1.29, 1.82) is 0 Å². The summed E-state index contributed by atoms with van der Waals surface area (Å²) in [5.74, 6) is -1.91. The van der Waals surface area contributed by atoms with Crippen LogP contribution in [-0.2, 0) is 19.1 Å². The third-order valence-electron chi connectivity index (χ3n) is 6.39. The van der Waals surface area contributed by atoms with Gasteiger partial charge in [0.25, 0.3) is 0 Å². The van der Waals surface area contributed by atoms with Gasteiger partial charge in [-0.1, -0.05) is 48.5 Å². The zero-order valence-electron chi connectivity index (χ0n) is 19.4. The lowest BCUT2D eigenvalue weighted by molar-refractivity contribution is -0.139. The highest BCUT2D eigenvalue weighted by Gasteiger charge is 2.33. The third kappa shape index (κ3) is 5.39. The summed E-state index contributed by atoms with van der Waals surface area (Å²) < 4.78 is 11.3. The molecule has 2 aromatic carbocycles. The van der Waals surface area contributed by atoms with Crippen LogP contribution in [0.5, 0.6) is 0 Å². The summed E-state index contributed by atoms with van der Waals surface area (Å²) in [5.41, 5.74) is 4.10. The van der Waals surface area contributed by atoms with E-state index in [1.54, 1.807) is 0 Å². The topological polar surface area (TPSA) is 114 Å². The van der Waals surface area contributed by atoms with Crippen LogP contribution in [0.2, 0.25) is 0 Å². The number of fused-ring (bicyclic) bond motifs is 3. The largest absolute Gasteiger partial charge is 0.481 e. The lowest BCUT2D eigenvalue weighted by Crippen LogP contribution is -2.49. The van der Waals surface area contributed by atoms with E-state index < -0.39 is 30.4 Å². The summed E-state index contributed by atoms with van der Waals surface area (Å²) in [6.07, 6.45) is 0.161. The van der Waals surface area contributed by atoms with Gasteiger partial charge in [0.05, 0.1) is 18.1 Å². The number of ether oxygens (including phenoxy) is 2. The number of carboxylic acid groups (broad SMARTS) is 1. The summed E-state index contributed by atoms with van der Waals surface area (Å²) >= 11 is 0. The average Bonchev–Trinajstić information content (AvgIpc) is 3.32. The van der Waals surface area contributed by atoms with Gasteiger partial charge in [-0.25, -0.2) is 4.79 Å². The van der Waals surface area contributed by atoms with Gasteiger partial charge in [0.15, 0.2) is 0 Å². The molecule has 8 heteroatoms. The summed E-state index contributed by atoms with van der Waals surface area (Å²) in [6, 6.07) is 14.7. The van der Waals surface area contributed by atoms with Crippen LogP contribution in [0.4, 0.5) is 4.79 Å². The Bertz CT molecular complexity index is 1040. The number of alkyl carbamates (subject to hydrolysis) is 1. The van der Waals surface area contributed by atoms with Crippen LogP contribution in [0.3, 0.4) is 0 Å². The van der Waals surface area contributed by atoms with Crippen molar-refractivity contribution in [2.45, 2.75) is 56.8 Å². The lowest BCUT2D eigenvalue weighted by atomic mass is 9.98. The molecule has 2 atom stereocenters. The highest BCUT2D eigenvalue weighted by molar-refractivity contribution is 5.89. The molecule has 8 nitrogen and oxygen atoms in total. The lowest BCUT2D eigenvalue weighted by Gasteiger charge is -2.21. The Labute approximate surface area is 198 Å². The normalized spacial score (nSPS) is 19.1. The van der Waals surface area contributed by atoms with E-state index >= 15 is 0 Å². The first-order chi connectivity index (χ1) is 16.2. The zero-order chi connectivity index (χ0) is 24.3. The van der Waals surface area contributed by atoms with Crippen molar-refractivity contribution >= 4 is 18.0 Å². The number of nitrogens with one attached hydrogen (secondary N) is 2. The number of hydrogen-bond acceptors (Lipinski definition) is 5. The van der Waals surface area contributed by atoms with E-state index in [4.69, 9.17) is 9.47 Å². The number of rotatable bonds is 8. The van der Waals surface area contributed by atoms with Crippen molar-refractivity contribution in [3.05, 3.63) is 59.7 Å². The Kier molecular flexibility index (Phi) is 6.88. The van der Waals surface area contributed by atoms with Crippen molar-refractivity contribution in [3.8, 4) is 11.1 Å². The van der Waals surface area contributed by atoms with Gasteiger partial charge < -0.3 is 25.2 Å². The van der Waals surface area contributed by atoms with Gasteiger partial charge in [0.2, 0.25) is 5.91 Å². The van der Waals surface area contributed by atoms with Gasteiger partial charge in [-0.3, -0.25) is 9.59 Å². The van der Waals surface area contributed by atoms with E-state index in [0.29, 0.717) is 0 Å². The molecular weight excluding hydrogens is 436 g/mol. The van der Waals surface area contributed by atoms with Gasteiger partial charge in [0, 0.05) is 12.5 Å². The van der Waals surface area contributed by atoms with Gasteiger partial charge in [-0.15, -0.1) is 0 Å². The van der Waals surface area contributed by atoms with E-state index in [9.17, 15) is 19.5 Å². The van der Waals surface area contributed by atoms with Crippen LogP contribution in [0.1, 0.15) is 50.2 Å². The first-order valence-electron chi connectivity index (χ1n) is 11.5. The number of carbonyl (C=O) groups excluding carboxylic acids is 2. The number of amides is 2. The molecule has 2 aliphatic rings. The molecule has 0 radical (unpaired) electrons. The van der Waals surface area contributed by atoms with Crippen LogP contribution in [0.15, 0.2) is 48.5 Å². The molecule has 1 aliphatic heterocycles. The molecule has 1 aliphatic carbocycles. The fourth-order valence-corrected chi connectivity index (χ4v) is 4.73. The molecular formula is C26H30N2O6. The second kappa shape index (κ2) is 9.85. The highest BCUT2D eigenvalue weighted by atomic mass is 16.5. The minimum Gasteiger partial charge on any atom is -0.481 e. The van der Waals surface area contributed by atoms with Gasteiger partial charge >= 0.3 is 12.1 Å². The molecule has 4 rings (SSSR count). The molecule has 0 bridgehead atoms. The minimum atomic E-state index is -1.25. The average molecular weight is 467 g/mol. The minimum absolute atomic E-state index is 0.0757. The predicted octanol–water partition coefficient (Wildman–Crippen LogP) is 3.44. The summed E-state index contributed by atoms with van der Waals surface area (Å²) in [4.78, 5) is 36.4. The molecule has 0 aromatic heterocycles. The molecule has 34 heavy (non-hydrogen) atoms. The van der Waals surface area contributed by atoms with Crippen molar-refractivity contribution in [2.24, 2.45) is 0 Å². The van der Waals surface area contributed by atoms with Gasteiger partial charge in [-0.05, 0) is 48.9 Å². The van der Waals surface area contributed by atoms with Crippen LogP contribution < -0.4 is 10.6 Å². The van der Waals surface area contributed by atoms with Gasteiger partial charge in [-0.2, -0.15) is 0 Å². The number of carboxylic acids is 1. The smallest absolute Gasteiger partial charge is 0.407 e. The van der Waals surface area contributed by atoms with Crippen molar-refractivity contribution < 1.29 is 29.0 Å². The summed E-state index contributed by atoms with van der Waals surface area (Å²) in [5, 5.41) is 14.3. The summed E-state index contributed by atoms with van der Waals surface area (Å²) in [6.45, 7) is 4.30. The maximum absolute atomic E-state index is 12.6. The third-order valence-corrected chi connectivity index (χ3v) is 6.39. The standard InChI is InChI=1S/C26H30N2O6/c1-26(2)12-11-16(34-26)14-27-24(31)22(13-23(29)30)28-25(32)33-15-21-19-9-5-3-7-17(19)18-8-4-6-10-20(18)21/h3-10,16,21-22H,11-15H2,1-2H3,(H,27,31)(H,28,32)(H,29,30). The maximum Gasteiger partial charge on any atom is 0.407 e. The number of aliphatic carboxylic acids is 1. The molecule has 2 aromatic rings. The molecule has 3 N–H and O–H groups in total. The quantitative estimate of drug-likeness (QED) is 0.549. The van der Waals surface area contributed by atoms with E-state index in [2.05, 4.69) is 10.6 Å². The Morgan fingerprint density at radius 3 is 2.26 bits per heavy atom. The number of hydrogen-bond donors (Lipinski definition) is 3. The Balaban J connectivity index is 1.35. The van der Waals surface area contributed by atoms with Crippen molar-refractivity contribution in [2.75, 3.05) is 13.2 Å². The second-order valence-electron chi connectivity index (χ2n) is 9.40. The van der Waals surface area contributed by atoms with Gasteiger partial charge in [0.1, 0.15) is 12.6 Å². The van der Waals surface area contributed by atoms with Crippen LogP contribution in [0, 0.1) is 0 Å². The van der Waals surface area contributed by atoms with Crippen LogP contribution in [0.25, 0.3) is 11.1 Å². The highest BCUT2D eigenvalue weighted by Crippen LogP contribution is 2.44. The molecule has 180 valence electrons. The van der Waals surface area contributed by atoms with Crippen LogP contribution >= 0.6 is 0 Å². The fraction of sp³-hybridized carbons (Fsp3) is 0.423. The second-order valence-corrected chi connectivity index (χ2v) is 9.40. The van der Waals surface area contributed by atoms with E-state index in [1.807, 2.05) is 62.4 Å². The van der Waals surface area contributed by atoms with E-state index in [1.165, 1.54) is 0 Å². The predicted molar refractivity (Wildman–Crippen MR) is 125 cm³/mol. The molecule has 1 saturated heterocycles. The SMILES string of the molecule is CC1(C)CCC(CNC(=O)C(CC(=O)O)NC(=O)OCC2c3ccccc3-c3ccccc32)O1. The summed E-state index contributed by atoms with van der Waals surface area (Å²) in [7, 11) is 0. The number of carbonyl (C=O) groups is 3. The maximum atomic E-state index is 12.6. The molecule has 1 heterocycles. The Hall–Kier alpha value is -3.39. The van der Waals surface area contributed by atoms with Crippen molar-refractivity contribution in [3.63, 3.8) is 0 Å². The van der Waals surface area contributed by atoms with E-state index in [0.717, 1.165) is 35.1 Å². The Morgan fingerprint density at radius 2 is 1.71 bits per heavy atom.